The van der Waals surface area contributed by atoms with Crippen LogP contribution in [0.15, 0.2) is 127 Å². The molecule has 6 aromatic rings. The maximum absolute atomic E-state index is 2.63. The van der Waals surface area contributed by atoms with E-state index >= 15 is 0 Å². The van der Waals surface area contributed by atoms with Gasteiger partial charge in [0.2, 0.25) is 0 Å². The van der Waals surface area contributed by atoms with Crippen LogP contribution < -0.4 is 20.7 Å². The van der Waals surface area contributed by atoms with Gasteiger partial charge in [0.25, 0.3) is 0 Å². The Morgan fingerprint density at radius 2 is 0.333 bits per heavy atom. The first-order valence-corrected chi connectivity index (χ1v) is 50.2. The second-order valence-electron chi connectivity index (χ2n) is 57.8. The molecular weight excluding hydrogens is 1460 g/mol. The van der Waals surface area contributed by atoms with Crippen LogP contribution in [0.4, 0.5) is 0 Å². The van der Waals surface area contributed by atoms with Crippen LogP contribution in [0.2, 0.25) is 0 Å². The predicted octanol–water partition coefficient (Wildman–Crippen LogP) is 33.8. The summed E-state index contributed by atoms with van der Waals surface area (Å²) in [5.74, 6) is 0. The lowest BCUT2D eigenvalue weighted by Crippen LogP contribution is -2.74. The topological polar surface area (TPSA) is 0 Å². The number of rotatable bonds is 15. The molecule has 0 nitrogen and oxygen atoms in total. The molecule has 4 fully saturated rings. The van der Waals surface area contributed by atoms with Gasteiger partial charge in [0.1, 0.15) is 0 Å². The summed E-state index contributed by atoms with van der Waals surface area (Å²) >= 11 is 0. The van der Waals surface area contributed by atoms with E-state index in [9.17, 15) is 0 Å². The highest BCUT2D eigenvalue weighted by Gasteiger charge is 2.69. The first-order chi connectivity index (χ1) is 53.5. The minimum Gasteiger partial charge on any atom is -0.0683 e. The standard InChI is InChI=1S/C40H52Si.C30H56.C26H46.C21H36.C2H6/c1-37(2,3)29-13-21-33(22-14-29)41(34-23-15-30(16-24-34)38(4,5)6,35-25-17-31(18-26-35)39(7,8)9)36-27-19-32(20-28-36)40(10,11)12;1-23(2,3)13-27-17-28(14-24(4,5)6)20-29(18-27,15-25(7,8)9)22-30(19-27,21-28)16-26(10,11)12;1-23(2,3)15-19-13-21(17-25(7,8)9)22(18-26(10,11)12)14-20(19)16-24(4,5)6;1-19(2,3)13-16-10-17(14-20(4,5)6)12-18(11-16)15-21(7,8)9;1-2/h13-28H,1-12H3;13-22H2,1-12H3;13-14H,15-18H2,1-12H3;10-12H,13-15H2,1-9H3;1-2H3. The van der Waals surface area contributed by atoms with E-state index in [4.69, 9.17) is 0 Å². The van der Waals surface area contributed by atoms with Crippen molar-refractivity contribution in [2.45, 2.75) is 456 Å². The number of hydrogen-bond donors (Lipinski definition) is 0. The van der Waals surface area contributed by atoms with Gasteiger partial charge in [-0.05, 0) is 294 Å². The summed E-state index contributed by atoms with van der Waals surface area (Å²) < 4.78 is 0. The van der Waals surface area contributed by atoms with E-state index in [1.807, 2.05) is 13.8 Å². The van der Waals surface area contributed by atoms with E-state index in [0.29, 0.717) is 81.2 Å². The zero-order chi connectivity index (χ0) is 92.5. The number of hydrogen-bond acceptors (Lipinski definition) is 0. The molecular formula is C119H196Si. The van der Waals surface area contributed by atoms with Gasteiger partial charge in [-0.2, -0.15) is 0 Å². The third-order valence-electron chi connectivity index (χ3n) is 24.6. The highest BCUT2D eigenvalue weighted by molar-refractivity contribution is 7.19. The van der Waals surface area contributed by atoms with E-state index in [1.165, 1.54) is 124 Å². The Bertz CT molecular complexity index is 3600. The smallest absolute Gasteiger partial charge is 0.0683 e. The van der Waals surface area contributed by atoms with Crippen molar-refractivity contribution in [3.05, 3.63) is 189 Å². The van der Waals surface area contributed by atoms with Crippen molar-refractivity contribution >= 4 is 28.8 Å². The highest BCUT2D eigenvalue weighted by atomic mass is 28.3. The highest BCUT2D eigenvalue weighted by Crippen LogP contribution is 2.79. The van der Waals surface area contributed by atoms with Crippen molar-refractivity contribution in [1.82, 2.24) is 0 Å². The van der Waals surface area contributed by atoms with Gasteiger partial charge in [-0.15, -0.1) is 0 Å². The Morgan fingerprint density at radius 3 is 0.450 bits per heavy atom. The molecule has 4 aliphatic carbocycles. The van der Waals surface area contributed by atoms with Crippen LogP contribution in [0, 0.1) is 81.2 Å². The summed E-state index contributed by atoms with van der Waals surface area (Å²) in [7, 11) is -2.63. The molecule has 0 atom stereocenters. The second-order valence-corrected chi connectivity index (χ2v) is 61.6. The third-order valence-corrected chi connectivity index (χ3v) is 29.4. The zero-order valence-electron chi connectivity index (χ0n) is 88.6. The molecule has 1 heteroatoms. The summed E-state index contributed by atoms with van der Waals surface area (Å²) in [4.78, 5) is 0. The van der Waals surface area contributed by atoms with Gasteiger partial charge >= 0.3 is 0 Å². The minimum atomic E-state index is -2.63. The molecule has 0 heterocycles. The monoisotopic (exact) mass is 1650 g/mol. The minimum absolute atomic E-state index is 0.111. The third kappa shape index (κ3) is 33.7. The molecule has 0 spiro atoms. The Hall–Kier alpha value is -4.46. The van der Waals surface area contributed by atoms with E-state index in [2.05, 4.69) is 439 Å². The summed E-state index contributed by atoms with van der Waals surface area (Å²) in [6, 6.07) is 50.8. The zero-order valence-corrected chi connectivity index (χ0v) is 89.6. The van der Waals surface area contributed by atoms with Gasteiger partial charge in [0, 0.05) is 0 Å². The first-order valence-electron chi connectivity index (χ1n) is 48.2. The normalized spacial score (nSPS) is 19.9. The van der Waals surface area contributed by atoms with Crippen molar-refractivity contribution in [1.29, 1.82) is 0 Å². The van der Waals surface area contributed by atoms with Crippen LogP contribution in [-0.2, 0) is 66.6 Å². The molecule has 0 amide bonds. The van der Waals surface area contributed by atoms with Crippen molar-refractivity contribution in [2.24, 2.45) is 81.2 Å². The summed E-state index contributed by atoms with van der Waals surface area (Å²) in [5.41, 5.74) is 23.1. The van der Waals surface area contributed by atoms with Crippen molar-refractivity contribution < 1.29 is 0 Å². The SMILES string of the molecule is CC.CC(C)(C)CC12CC3(CC(C)(C)C)CC(CC(C)(C)C)(C1)CC(CC(C)(C)C)(C2)C3.CC(C)(C)Cc1cc(CC(C)(C)C)c(CC(C)(C)C)cc1CC(C)(C)C.CC(C)(C)Cc1cc(CC(C)(C)C)cc(CC(C)(C)C)c1.CC(C)(C)c1ccc([Si](c2ccc(C(C)(C)C)cc2)(c2ccc(C(C)(C)C)cc2)c2ccc(C(C)(C)C)cc2)cc1. The van der Waals surface area contributed by atoms with Crippen LogP contribution in [0.5, 0.6) is 0 Å². The van der Waals surface area contributed by atoms with Gasteiger partial charge < -0.3 is 0 Å². The lowest BCUT2D eigenvalue weighted by atomic mass is 9.31. The maximum atomic E-state index is 2.57. The molecule has 0 aromatic heterocycles. The van der Waals surface area contributed by atoms with Gasteiger partial charge in [-0.1, -0.05) is 453 Å². The van der Waals surface area contributed by atoms with Gasteiger partial charge in [-0.3, -0.25) is 0 Å². The second kappa shape index (κ2) is 37.5. The Morgan fingerprint density at radius 1 is 0.192 bits per heavy atom. The Labute approximate surface area is 749 Å². The Kier molecular flexibility index (Phi) is 33.1. The van der Waals surface area contributed by atoms with Crippen molar-refractivity contribution in [3.63, 3.8) is 0 Å². The number of benzene rings is 6. The van der Waals surface area contributed by atoms with E-state index in [1.54, 1.807) is 22.3 Å². The molecule has 0 N–H and O–H groups in total. The molecule has 10 rings (SSSR count). The molecule has 4 saturated carbocycles. The van der Waals surface area contributed by atoms with Crippen molar-refractivity contribution in [3.8, 4) is 0 Å². The fraction of sp³-hybridized carbons (Fsp3) is 0.697. The fourth-order valence-electron chi connectivity index (χ4n) is 23.4. The molecule has 0 aliphatic heterocycles. The quantitative estimate of drug-likeness (QED) is 0.0710. The Balaban J connectivity index is 0.000000291. The lowest BCUT2D eigenvalue weighted by molar-refractivity contribution is -0.232. The van der Waals surface area contributed by atoms with E-state index < -0.39 is 8.07 Å². The van der Waals surface area contributed by atoms with Crippen LogP contribution >= 0.6 is 0 Å². The van der Waals surface area contributed by atoms with Crippen LogP contribution in [0.1, 0.15) is 451 Å². The fourth-order valence-corrected chi connectivity index (χ4v) is 28.0. The molecule has 0 unspecified atom stereocenters. The molecule has 4 aliphatic rings. The summed E-state index contributed by atoms with van der Waals surface area (Å²) in [6.45, 7) is 111. The molecule has 0 radical (unpaired) electrons. The average molecular weight is 1650 g/mol. The maximum Gasteiger partial charge on any atom is 0.179 e. The van der Waals surface area contributed by atoms with Gasteiger partial charge in [0.05, 0.1) is 0 Å². The average Bonchev–Trinajstić information content (AvgIpc) is 0.678. The first kappa shape index (κ1) is 106. The molecule has 120 heavy (non-hydrogen) atoms. The van der Waals surface area contributed by atoms with E-state index in [-0.39, 0.29) is 21.7 Å². The summed E-state index contributed by atoms with van der Waals surface area (Å²) in [5, 5.41) is 5.73. The van der Waals surface area contributed by atoms with Crippen LogP contribution in [-0.4, -0.2) is 8.07 Å². The van der Waals surface area contributed by atoms with Crippen molar-refractivity contribution in [2.75, 3.05) is 0 Å². The summed E-state index contributed by atoms with van der Waals surface area (Å²) in [6.07, 6.45) is 23.0. The van der Waals surface area contributed by atoms with Gasteiger partial charge in [0.15, 0.2) is 8.07 Å². The molecule has 676 valence electrons. The van der Waals surface area contributed by atoms with Crippen LogP contribution in [0.25, 0.3) is 0 Å². The van der Waals surface area contributed by atoms with Crippen LogP contribution in [0.3, 0.4) is 0 Å². The predicted molar refractivity (Wildman–Crippen MR) is 545 cm³/mol. The largest absolute Gasteiger partial charge is 0.179 e. The van der Waals surface area contributed by atoms with E-state index in [0.717, 1.165) is 44.9 Å². The lowest BCUT2D eigenvalue weighted by Gasteiger charge is -2.74. The molecule has 4 bridgehead atoms. The van der Waals surface area contributed by atoms with Gasteiger partial charge in [-0.25, -0.2) is 0 Å². The molecule has 0 saturated heterocycles. The molecule has 6 aromatic carbocycles.